The molecule has 0 aromatic heterocycles. The van der Waals surface area contributed by atoms with Gasteiger partial charge in [-0.15, -0.1) is 4.91 Å². The lowest BCUT2D eigenvalue weighted by atomic mass is 9.95. The van der Waals surface area contributed by atoms with Crippen molar-refractivity contribution in [3.8, 4) is 0 Å². The number of nitroso groups, excluding NO2 is 1. The Morgan fingerprint density at radius 2 is 1.54 bits per heavy atom. The predicted molar refractivity (Wildman–Crippen MR) is 108 cm³/mol. The van der Waals surface area contributed by atoms with Crippen LogP contribution in [0, 0.1) is 21.9 Å². The lowest BCUT2D eigenvalue weighted by Crippen LogP contribution is -2.11. The van der Waals surface area contributed by atoms with Crippen LogP contribution in [0.5, 0.6) is 0 Å². The van der Waals surface area contributed by atoms with Crippen LogP contribution in [0.4, 0.5) is 5.69 Å². The Morgan fingerprint density at radius 3 is 2.07 bits per heavy atom. The third-order valence-electron chi connectivity index (χ3n) is 4.26. The molecule has 0 saturated heterocycles. The minimum Gasteiger partial charge on any atom is -0.291 e. The van der Waals surface area contributed by atoms with E-state index in [1.807, 2.05) is 19.1 Å². The summed E-state index contributed by atoms with van der Waals surface area (Å²) in [5, 5.41) is 13.8. The molecule has 3 aromatic rings. The second-order valence-corrected chi connectivity index (χ2v) is 7.25. The first-order valence-electron chi connectivity index (χ1n) is 8.44. The highest BCUT2D eigenvalue weighted by molar-refractivity contribution is 7.99. The summed E-state index contributed by atoms with van der Waals surface area (Å²) in [6.45, 7) is 1.84. The SMILES string of the molecule is Cc1ccccc1C(N=O)C(=O)c1ccc(Sc2ccc([N+](=O)[O-])cc2)cc1. The first-order chi connectivity index (χ1) is 13.5. The van der Waals surface area contributed by atoms with Crippen molar-refractivity contribution in [3.63, 3.8) is 0 Å². The molecule has 3 rings (SSSR count). The van der Waals surface area contributed by atoms with E-state index in [4.69, 9.17) is 0 Å². The molecule has 1 unspecified atom stereocenters. The molecule has 0 amide bonds. The summed E-state index contributed by atoms with van der Waals surface area (Å²) < 4.78 is 0. The average molecular weight is 392 g/mol. The Balaban J connectivity index is 1.76. The van der Waals surface area contributed by atoms with Crippen molar-refractivity contribution in [1.29, 1.82) is 0 Å². The normalized spacial score (nSPS) is 11.6. The van der Waals surface area contributed by atoms with Crippen molar-refractivity contribution in [1.82, 2.24) is 0 Å². The zero-order valence-electron chi connectivity index (χ0n) is 14.9. The van der Waals surface area contributed by atoms with Crippen molar-refractivity contribution < 1.29 is 9.72 Å². The third kappa shape index (κ3) is 4.32. The third-order valence-corrected chi connectivity index (χ3v) is 5.27. The number of non-ortho nitro benzene ring substituents is 1. The minimum absolute atomic E-state index is 0.0360. The second-order valence-electron chi connectivity index (χ2n) is 6.11. The fourth-order valence-corrected chi connectivity index (χ4v) is 3.57. The van der Waals surface area contributed by atoms with Crippen LogP contribution >= 0.6 is 11.8 Å². The van der Waals surface area contributed by atoms with Gasteiger partial charge >= 0.3 is 0 Å². The van der Waals surface area contributed by atoms with Gasteiger partial charge in [-0.2, -0.15) is 0 Å². The van der Waals surface area contributed by atoms with Gasteiger partial charge in [0.2, 0.25) is 0 Å². The molecule has 1 atom stereocenters. The molecule has 0 heterocycles. The van der Waals surface area contributed by atoms with Gasteiger partial charge in [0.15, 0.2) is 11.8 Å². The summed E-state index contributed by atoms with van der Waals surface area (Å²) >= 11 is 1.42. The van der Waals surface area contributed by atoms with Crippen LogP contribution in [0.3, 0.4) is 0 Å². The molecular formula is C21H16N2O4S. The van der Waals surface area contributed by atoms with Gasteiger partial charge in [-0.05, 0) is 42.3 Å². The van der Waals surface area contributed by atoms with Gasteiger partial charge in [-0.3, -0.25) is 14.9 Å². The predicted octanol–water partition coefficient (Wildman–Crippen LogP) is 5.74. The molecule has 0 aliphatic carbocycles. The van der Waals surface area contributed by atoms with E-state index in [-0.39, 0.29) is 11.5 Å². The van der Waals surface area contributed by atoms with Gasteiger partial charge in [-0.25, -0.2) is 0 Å². The Kier molecular flexibility index (Phi) is 5.96. The van der Waals surface area contributed by atoms with Crippen molar-refractivity contribution in [2.24, 2.45) is 5.18 Å². The summed E-state index contributed by atoms with van der Waals surface area (Å²) in [6.07, 6.45) is 0. The molecule has 6 nitrogen and oxygen atoms in total. The number of hydrogen-bond donors (Lipinski definition) is 0. The molecule has 7 heteroatoms. The Labute approximate surface area is 165 Å². The Bertz CT molecular complexity index is 1020. The van der Waals surface area contributed by atoms with Crippen LogP contribution in [0.1, 0.15) is 27.5 Å². The van der Waals surface area contributed by atoms with Crippen LogP contribution in [0.25, 0.3) is 0 Å². The molecule has 0 aliphatic rings. The fraction of sp³-hybridized carbons (Fsp3) is 0.0952. The quantitative estimate of drug-likeness (QED) is 0.221. The molecule has 0 bridgehead atoms. The second kappa shape index (κ2) is 8.58. The highest BCUT2D eigenvalue weighted by Gasteiger charge is 2.24. The van der Waals surface area contributed by atoms with Gasteiger partial charge in [-0.1, -0.05) is 53.3 Å². The van der Waals surface area contributed by atoms with E-state index in [9.17, 15) is 19.8 Å². The van der Waals surface area contributed by atoms with Crippen molar-refractivity contribution in [2.75, 3.05) is 0 Å². The molecular weight excluding hydrogens is 376 g/mol. The van der Waals surface area contributed by atoms with E-state index in [0.717, 1.165) is 15.4 Å². The number of carbonyl (C=O) groups excluding carboxylic acids is 1. The summed E-state index contributed by atoms with van der Waals surface area (Å²) in [7, 11) is 0. The zero-order chi connectivity index (χ0) is 20.1. The fourth-order valence-electron chi connectivity index (χ4n) is 2.76. The van der Waals surface area contributed by atoms with Crippen molar-refractivity contribution in [2.45, 2.75) is 22.8 Å². The maximum Gasteiger partial charge on any atom is 0.269 e. The summed E-state index contributed by atoms with van der Waals surface area (Å²) in [5.74, 6) is -0.351. The van der Waals surface area contributed by atoms with Gasteiger partial charge in [0.05, 0.1) is 4.92 Å². The van der Waals surface area contributed by atoms with E-state index in [1.165, 1.54) is 23.9 Å². The van der Waals surface area contributed by atoms with Crippen LogP contribution in [0.2, 0.25) is 0 Å². The number of ketones is 1. The number of aryl methyl sites for hydroxylation is 1. The van der Waals surface area contributed by atoms with Gasteiger partial charge < -0.3 is 0 Å². The van der Waals surface area contributed by atoms with Crippen LogP contribution in [-0.4, -0.2) is 10.7 Å². The lowest BCUT2D eigenvalue weighted by Gasteiger charge is -2.11. The van der Waals surface area contributed by atoms with E-state index in [2.05, 4.69) is 5.18 Å². The molecule has 0 aliphatic heterocycles. The number of benzene rings is 3. The molecule has 0 spiro atoms. The van der Waals surface area contributed by atoms with Gasteiger partial charge in [0.1, 0.15) is 0 Å². The first-order valence-corrected chi connectivity index (χ1v) is 9.26. The maximum atomic E-state index is 12.7. The average Bonchev–Trinajstić information content (AvgIpc) is 2.71. The Hall–Kier alpha value is -3.32. The molecule has 3 aromatic carbocycles. The topological polar surface area (TPSA) is 89.6 Å². The molecule has 140 valence electrons. The standard InChI is InChI=1S/C21H16N2O4S/c1-14-4-2-3-5-19(14)20(22-25)21(24)15-6-10-17(11-7-15)28-18-12-8-16(9-13-18)23(26)27/h2-13,20H,1H3. The van der Waals surface area contributed by atoms with E-state index >= 15 is 0 Å². The molecule has 0 saturated carbocycles. The maximum absolute atomic E-state index is 12.7. The summed E-state index contributed by atoms with van der Waals surface area (Å²) in [5.41, 5.74) is 1.88. The lowest BCUT2D eigenvalue weighted by molar-refractivity contribution is -0.384. The van der Waals surface area contributed by atoms with Crippen LogP contribution in [-0.2, 0) is 0 Å². The van der Waals surface area contributed by atoms with Crippen LogP contribution in [0.15, 0.2) is 87.8 Å². The largest absolute Gasteiger partial charge is 0.291 e. The van der Waals surface area contributed by atoms with E-state index in [0.29, 0.717) is 11.1 Å². The zero-order valence-corrected chi connectivity index (χ0v) is 15.8. The highest BCUT2D eigenvalue weighted by atomic mass is 32.2. The highest BCUT2D eigenvalue weighted by Crippen LogP contribution is 2.30. The van der Waals surface area contributed by atoms with Gasteiger partial charge in [0.25, 0.3) is 5.69 Å². The molecule has 0 N–H and O–H groups in total. The number of nitrogens with zero attached hydrogens (tertiary/aromatic N) is 2. The molecule has 0 radical (unpaired) electrons. The van der Waals surface area contributed by atoms with Gasteiger partial charge in [0, 0.05) is 27.5 Å². The Morgan fingerprint density at radius 1 is 0.964 bits per heavy atom. The first kappa shape index (κ1) is 19.4. The van der Waals surface area contributed by atoms with E-state index in [1.54, 1.807) is 48.5 Å². The number of Topliss-reactive ketones (excluding diaryl/α,β-unsaturated/α-hetero) is 1. The summed E-state index contributed by atoms with van der Waals surface area (Å²) in [6, 6.07) is 19.2. The van der Waals surface area contributed by atoms with Crippen molar-refractivity contribution >= 4 is 23.2 Å². The van der Waals surface area contributed by atoms with E-state index < -0.39 is 11.0 Å². The smallest absolute Gasteiger partial charge is 0.269 e. The number of carbonyl (C=O) groups is 1. The number of nitro benzene ring substituents is 1. The number of nitro groups is 1. The monoisotopic (exact) mass is 392 g/mol. The minimum atomic E-state index is -1.07. The van der Waals surface area contributed by atoms with Crippen LogP contribution < -0.4 is 0 Å². The molecule has 0 fully saturated rings. The van der Waals surface area contributed by atoms with Crippen molar-refractivity contribution in [3.05, 3.63) is 105 Å². The number of rotatable bonds is 7. The summed E-state index contributed by atoms with van der Waals surface area (Å²) in [4.78, 5) is 36.1. The number of hydrogen-bond acceptors (Lipinski definition) is 6. The molecule has 28 heavy (non-hydrogen) atoms.